The number of Topliss-reactive ketones (excluding diaryl/α,β-unsaturated/α-hetero) is 1. The van der Waals surface area contributed by atoms with Gasteiger partial charge in [0.2, 0.25) is 0 Å². The monoisotopic (exact) mass is 320 g/mol. The molecule has 0 radical (unpaired) electrons. The molecule has 0 heterocycles. The number of aliphatic hydroxyl groups is 2. The minimum absolute atomic E-state index is 0.0129. The molecule has 23 heavy (non-hydrogen) atoms. The van der Waals surface area contributed by atoms with Crippen molar-refractivity contribution in [3.8, 4) is 0 Å². The minimum atomic E-state index is -0.595. The second-order valence-electron chi connectivity index (χ2n) is 10.4. The lowest BCUT2D eigenvalue weighted by molar-refractivity contribution is -0.201. The highest BCUT2D eigenvalue weighted by Gasteiger charge is 2.71. The van der Waals surface area contributed by atoms with Crippen molar-refractivity contribution in [2.75, 3.05) is 0 Å². The number of carbonyl (C=O) groups is 1. The molecule has 3 heteroatoms. The maximum absolute atomic E-state index is 12.6. The van der Waals surface area contributed by atoms with Crippen LogP contribution in [0.4, 0.5) is 0 Å². The maximum Gasteiger partial charge on any atom is 0.134 e. The van der Waals surface area contributed by atoms with Crippen molar-refractivity contribution in [2.45, 2.75) is 84.3 Å². The Morgan fingerprint density at radius 1 is 1.04 bits per heavy atom. The van der Waals surface area contributed by atoms with Crippen molar-refractivity contribution in [1.29, 1.82) is 0 Å². The van der Waals surface area contributed by atoms with Gasteiger partial charge in [-0.05, 0) is 73.0 Å². The van der Waals surface area contributed by atoms with Crippen LogP contribution in [-0.2, 0) is 4.79 Å². The summed E-state index contributed by atoms with van der Waals surface area (Å²) < 4.78 is 0. The Bertz CT molecular complexity index is 551. The van der Waals surface area contributed by atoms with Gasteiger partial charge >= 0.3 is 0 Å². The number of hydrogen-bond donors (Lipinski definition) is 2. The van der Waals surface area contributed by atoms with Crippen molar-refractivity contribution < 1.29 is 15.0 Å². The van der Waals surface area contributed by atoms with Crippen LogP contribution in [0.1, 0.15) is 72.6 Å². The van der Waals surface area contributed by atoms with E-state index in [1.807, 2.05) is 6.92 Å². The van der Waals surface area contributed by atoms with Gasteiger partial charge in [-0.25, -0.2) is 0 Å². The van der Waals surface area contributed by atoms with E-state index in [0.29, 0.717) is 24.5 Å². The third-order valence-corrected chi connectivity index (χ3v) is 8.82. The Morgan fingerprint density at radius 2 is 1.74 bits per heavy atom. The molecule has 130 valence electrons. The molecule has 4 fully saturated rings. The van der Waals surface area contributed by atoms with Gasteiger partial charge in [0.05, 0.1) is 11.7 Å². The van der Waals surface area contributed by atoms with Crippen molar-refractivity contribution in [3.05, 3.63) is 0 Å². The molecule has 4 saturated carbocycles. The molecule has 0 saturated heterocycles. The molecule has 0 aromatic rings. The topological polar surface area (TPSA) is 57.5 Å². The highest BCUT2D eigenvalue weighted by Crippen LogP contribution is 2.74. The standard InChI is InChI=1S/C20H32O3/c1-17(2)10-13(21)11-18(3)16(17)8-15(22)14-7-12-9-20(14,18)6-5-19(12,4)23/h12,14-16,22-23H,5-11H2,1-4H3/t12-,14+,15-,16-,18-,19-,20+/m0/s1. The zero-order valence-corrected chi connectivity index (χ0v) is 15.1. The first-order valence-corrected chi connectivity index (χ1v) is 9.44. The number of aliphatic hydroxyl groups excluding tert-OH is 1. The predicted molar refractivity (Wildman–Crippen MR) is 88.7 cm³/mol. The van der Waals surface area contributed by atoms with E-state index in [0.717, 1.165) is 32.1 Å². The summed E-state index contributed by atoms with van der Waals surface area (Å²) in [6, 6.07) is 0. The lowest BCUT2D eigenvalue weighted by Gasteiger charge is -2.65. The summed E-state index contributed by atoms with van der Waals surface area (Å²) in [5, 5.41) is 21.8. The Morgan fingerprint density at radius 3 is 2.43 bits per heavy atom. The van der Waals surface area contributed by atoms with Gasteiger partial charge in [0.25, 0.3) is 0 Å². The lowest BCUT2D eigenvalue weighted by atomic mass is 9.39. The summed E-state index contributed by atoms with van der Waals surface area (Å²) in [6.45, 7) is 8.77. The smallest absolute Gasteiger partial charge is 0.134 e. The second-order valence-corrected chi connectivity index (χ2v) is 10.4. The summed E-state index contributed by atoms with van der Waals surface area (Å²) in [4.78, 5) is 12.6. The van der Waals surface area contributed by atoms with Crippen molar-refractivity contribution in [3.63, 3.8) is 0 Å². The molecule has 7 atom stereocenters. The van der Waals surface area contributed by atoms with Crippen molar-refractivity contribution >= 4 is 5.78 Å². The maximum atomic E-state index is 12.6. The Kier molecular flexibility index (Phi) is 3.08. The molecule has 2 bridgehead atoms. The zero-order valence-electron chi connectivity index (χ0n) is 15.1. The van der Waals surface area contributed by atoms with Crippen LogP contribution in [0.3, 0.4) is 0 Å². The number of carbonyl (C=O) groups excluding carboxylic acids is 1. The van der Waals surface area contributed by atoms with Gasteiger partial charge in [-0.3, -0.25) is 4.79 Å². The molecule has 0 amide bonds. The summed E-state index contributed by atoms with van der Waals surface area (Å²) in [5.74, 6) is 1.36. The quantitative estimate of drug-likeness (QED) is 0.720. The SMILES string of the molecule is CC1(C)CC(=O)C[C@@]2(C)[C@H]1C[C@H](O)[C@H]1C[C@H]3C[C@]12CC[C@]3(C)O. The van der Waals surface area contributed by atoms with E-state index in [4.69, 9.17) is 0 Å². The Hall–Kier alpha value is -0.410. The molecule has 4 rings (SSSR count). The second kappa shape index (κ2) is 4.40. The largest absolute Gasteiger partial charge is 0.393 e. The van der Waals surface area contributed by atoms with Crippen LogP contribution < -0.4 is 0 Å². The van der Waals surface area contributed by atoms with Crippen LogP contribution in [0.25, 0.3) is 0 Å². The van der Waals surface area contributed by atoms with Crippen LogP contribution in [0.5, 0.6) is 0 Å². The van der Waals surface area contributed by atoms with E-state index in [-0.39, 0.29) is 34.2 Å². The minimum Gasteiger partial charge on any atom is -0.393 e. The number of rotatable bonds is 0. The summed E-state index contributed by atoms with van der Waals surface area (Å²) in [5.41, 5.74) is -0.582. The van der Waals surface area contributed by atoms with Gasteiger partial charge in [0.15, 0.2) is 0 Å². The van der Waals surface area contributed by atoms with Crippen LogP contribution in [-0.4, -0.2) is 27.7 Å². The zero-order chi connectivity index (χ0) is 16.8. The van der Waals surface area contributed by atoms with E-state index in [9.17, 15) is 15.0 Å². The third kappa shape index (κ3) is 1.87. The Labute approximate surface area is 139 Å². The van der Waals surface area contributed by atoms with E-state index in [1.54, 1.807) is 0 Å². The van der Waals surface area contributed by atoms with E-state index in [2.05, 4.69) is 20.8 Å². The Balaban J connectivity index is 1.83. The van der Waals surface area contributed by atoms with Crippen LogP contribution in [0.15, 0.2) is 0 Å². The highest BCUT2D eigenvalue weighted by molar-refractivity contribution is 5.81. The first kappa shape index (κ1) is 16.1. The van der Waals surface area contributed by atoms with Gasteiger partial charge in [0, 0.05) is 12.8 Å². The van der Waals surface area contributed by atoms with E-state index in [1.165, 1.54) is 0 Å². The van der Waals surface area contributed by atoms with Crippen molar-refractivity contribution in [1.82, 2.24) is 0 Å². The number of hydrogen-bond acceptors (Lipinski definition) is 3. The molecule has 4 aliphatic carbocycles. The fourth-order valence-electron chi connectivity index (χ4n) is 7.71. The fourth-order valence-corrected chi connectivity index (χ4v) is 7.71. The third-order valence-electron chi connectivity index (χ3n) is 8.82. The highest BCUT2D eigenvalue weighted by atomic mass is 16.3. The molecule has 4 aliphatic rings. The molecular formula is C20H32O3. The first-order valence-electron chi connectivity index (χ1n) is 9.44. The van der Waals surface area contributed by atoms with Gasteiger partial charge in [-0.2, -0.15) is 0 Å². The van der Waals surface area contributed by atoms with Gasteiger partial charge in [-0.15, -0.1) is 0 Å². The molecule has 0 aliphatic heterocycles. The lowest BCUT2D eigenvalue weighted by Crippen LogP contribution is -2.62. The van der Waals surface area contributed by atoms with Crippen LogP contribution in [0, 0.1) is 34.0 Å². The number of fused-ring (bicyclic) bond motifs is 2. The van der Waals surface area contributed by atoms with Gasteiger partial charge < -0.3 is 10.2 Å². The average molecular weight is 320 g/mol. The van der Waals surface area contributed by atoms with Gasteiger partial charge in [0.1, 0.15) is 5.78 Å². The van der Waals surface area contributed by atoms with Crippen LogP contribution in [0.2, 0.25) is 0 Å². The normalized spacial score (nSPS) is 57.7. The molecule has 1 spiro atoms. The summed E-state index contributed by atoms with van der Waals surface area (Å²) in [7, 11) is 0. The molecule has 0 aromatic carbocycles. The first-order chi connectivity index (χ1) is 10.5. The summed E-state index contributed by atoms with van der Waals surface area (Å²) in [6.07, 6.45) is 5.62. The van der Waals surface area contributed by atoms with E-state index >= 15 is 0 Å². The molecule has 3 nitrogen and oxygen atoms in total. The summed E-state index contributed by atoms with van der Waals surface area (Å²) >= 11 is 0. The molecular weight excluding hydrogens is 288 g/mol. The van der Waals surface area contributed by atoms with Crippen LogP contribution >= 0.6 is 0 Å². The molecule has 2 N–H and O–H groups in total. The molecule has 0 unspecified atom stereocenters. The fraction of sp³-hybridized carbons (Fsp3) is 0.950. The van der Waals surface area contributed by atoms with Gasteiger partial charge in [-0.1, -0.05) is 20.8 Å². The van der Waals surface area contributed by atoms with Crippen molar-refractivity contribution in [2.24, 2.45) is 34.0 Å². The van der Waals surface area contributed by atoms with E-state index < -0.39 is 5.60 Å². The molecule has 0 aromatic heterocycles. The number of ketones is 1. The predicted octanol–water partition coefficient (Wildman–Crippen LogP) is 3.32. The average Bonchev–Trinajstić information content (AvgIpc) is 2.77.